The van der Waals surface area contributed by atoms with Crippen molar-refractivity contribution >= 4 is 39.9 Å². The van der Waals surface area contributed by atoms with Crippen LogP contribution in [0.4, 0.5) is 0 Å². The Hall–Kier alpha value is -0.383. The van der Waals surface area contributed by atoms with Gasteiger partial charge in [0, 0.05) is 8.95 Å². The molecule has 2 aliphatic carbocycles. The molecule has 0 nitrogen and oxygen atoms in total. The Morgan fingerprint density at radius 3 is 1.45 bits per heavy atom. The molecule has 0 radical (unpaired) electrons. The van der Waals surface area contributed by atoms with Crippen LogP contribution in [0.15, 0.2) is 45.3 Å². The quantitative estimate of drug-likeness (QED) is 0.345. The van der Waals surface area contributed by atoms with Crippen molar-refractivity contribution in [1.29, 1.82) is 0 Å². The molecule has 0 aliphatic heterocycles. The van der Waals surface area contributed by atoms with Crippen molar-refractivity contribution in [3.8, 4) is 0 Å². The van der Waals surface area contributed by atoms with Crippen molar-refractivity contribution in [3.63, 3.8) is 0 Å². The number of halogens is 2. The lowest BCUT2D eigenvalue weighted by Crippen LogP contribution is -2.47. The average molecular weight is 534 g/mol. The second-order valence-electron chi connectivity index (χ2n) is 10.6. The largest absolute Gasteiger partial charge is 0.0684 e. The molecule has 2 aliphatic rings. The van der Waals surface area contributed by atoms with Crippen LogP contribution in [0.25, 0.3) is 0 Å². The summed E-state index contributed by atoms with van der Waals surface area (Å²) < 4.78 is 2.64. The lowest BCUT2D eigenvalue weighted by Gasteiger charge is -2.44. The molecule has 0 saturated heterocycles. The van der Waals surface area contributed by atoms with Gasteiger partial charge in [0.15, 0.2) is 0 Å². The minimum Gasteiger partial charge on any atom is -0.0684 e. The van der Waals surface area contributed by atoms with E-state index in [-0.39, 0.29) is 0 Å². The molecule has 0 heterocycles. The number of hydrogen-bond acceptors (Lipinski definition) is 0. The second kappa shape index (κ2) is 7.95. The third kappa shape index (κ3) is 3.53. The van der Waals surface area contributed by atoms with Crippen LogP contribution in [0.5, 0.6) is 0 Å². The van der Waals surface area contributed by atoms with Gasteiger partial charge in [0.05, 0.1) is 8.07 Å². The third-order valence-electron chi connectivity index (χ3n) is 8.03. The lowest BCUT2D eigenvalue weighted by atomic mass is 9.92. The summed E-state index contributed by atoms with van der Waals surface area (Å²) in [7, 11) is -1.68. The highest BCUT2D eigenvalue weighted by Gasteiger charge is 2.53. The molecule has 0 spiro atoms. The minimum atomic E-state index is -1.68. The number of fused-ring (bicyclic) bond motifs is 2. The zero-order valence-electron chi connectivity index (χ0n) is 18.6. The van der Waals surface area contributed by atoms with Crippen molar-refractivity contribution < 1.29 is 0 Å². The molecule has 4 atom stereocenters. The summed E-state index contributed by atoms with van der Waals surface area (Å²) >= 11 is 7.76. The van der Waals surface area contributed by atoms with Crippen molar-refractivity contribution in [2.75, 3.05) is 0 Å². The van der Waals surface area contributed by atoms with Crippen LogP contribution in [-0.2, 0) is 12.8 Å². The monoisotopic (exact) mass is 532 g/mol. The summed E-state index contributed by atoms with van der Waals surface area (Å²) in [5, 5.41) is 0. The Morgan fingerprint density at radius 1 is 0.724 bits per heavy atom. The Morgan fingerprint density at radius 2 is 1.10 bits per heavy atom. The third-order valence-corrected chi connectivity index (χ3v) is 14.2. The molecule has 0 bridgehead atoms. The van der Waals surface area contributed by atoms with Crippen molar-refractivity contribution in [2.45, 2.75) is 64.7 Å². The van der Waals surface area contributed by atoms with E-state index in [0.717, 1.165) is 22.9 Å². The van der Waals surface area contributed by atoms with Crippen LogP contribution in [0.2, 0.25) is 13.1 Å². The van der Waals surface area contributed by atoms with Crippen LogP contribution in [0.1, 0.15) is 61.0 Å². The summed E-state index contributed by atoms with van der Waals surface area (Å²) in [6.07, 6.45) is 2.47. The van der Waals surface area contributed by atoms with Crippen LogP contribution in [0, 0.1) is 23.7 Å². The van der Waals surface area contributed by atoms with Gasteiger partial charge < -0.3 is 0 Å². The molecule has 29 heavy (non-hydrogen) atoms. The summed E-state index contributed by atoms with van der Waals surface area (Å²) in [6.45, 7) is 15.2. The Labute approximate surface area is 195 Å². The molecular weight excluding hydrogens is 500 g/mol. The SMILES string of the molecule is CC(C)C1Cc2c(Br)cccc2C1[Si](C)(C)C1c2cccc(Br)c2CC1C(C)C. The molecule has 0 amide bonds. The summed E-state index contributed by atoms with van der Waals surface area (Å²) in [5.74, 6) is 2.95. The fourth-order valence-corrected chi connectivity index (χ4v) is 13.5. The fourth-order valence-electron chi connectivity index (χ4n) is 6.67. The Kier molecular flexibility index (Phi) is 5.98. The van der Waals surface area contributed by atoms with Gasteiger partial charge in [-0.15, -0.1) is 0 Å². The normalized spacial score (nSPS) is 26.3. The highest BCUT2D eigenvalue weighted by molar-refractivity contribution is 9.10. The topological polar surface area (TPSA) is 0 Å². The van der Waals surface area contributed by atoms with Crippen LogP contribution in [0.3, 0.4) is 0 Å². The number of benzene rings is 2. The van der Waals surface area contributed by atoms with Gasteiger partial charge in [0.1, 0.15) is 0 Å². The molecule has 2 aromatic carbocycles. The zero-order valence-corrected chi connectivity index (χ0v) is 22.8. The van der Waals surface area contributed by atoms with Gasteiger partial charge in [-0.3, -0.25) is 0 Å². The average Bonchev–Trinajstić information content (AvgIpc) is 3.23. The van der Waals surface area contributed by atoms with E-state index in [1.165, 1.54) is 21.8 Å². The molecule has 4 unspecified atom stereocenters. The van der Waals surface area contributed by atoms with Gasteiger partial charge in [-0.2, -0.15) is 0 Å². The highest BCUT2D eigenvalue weighted by Crippen LogP contribution is 2.57. The molecule has 2 aromatic rings. The standard InChI is InChI=1S/C26H34Br2Si/c1-15(2)19-13-21-17(9-7-11-23(21)27)25(19)29(5,6)26-18-10-8-12-24(28)22(18)14-20(26)16(3)4/h7-12,15-16,19-20,25-26H,13-14H2,1-6H3. The molecule has 0 aromatic heterocycles. The maximum absolute atomic E-state index is 3.88. The molecule has 156 valence electrons. The first-order valence-electron chi connectivity index (χ1n) is 11.2. The van der Waals surface area contributed by atoms with E-state index in [9.17, 15) is 0 Å². The number of hydrogen-bond donors (Lipinski definition) is 0. The van der Waals surface area contributed by atoms with Gasteiger partial charge >= 0.3 is 0 Å². The minimum absolute atomic E-state index is 0.715. The molecule has 4 rings (SSSR count). The van der Waals surface area contributed by atoms with Crippen LogP contribution in [-0.4, -0.2) is 8.07 Å². The van der Waals surface area contributed by atoms with E-state index in [2.05, 4.69) is 109 Å². The van der Waals surface area contributed by atoms with E-state index >= 15 is 0 Å². The van der Waals surface area contributed by atoms with Crippen LogP contribution < -0.4 is 0 Å². The van der Waals surface area contributed by atoms with Gasteiger partial charge in [0.25, 0.3) is 0 Å². The molecule has 0 fully saturated rings. The number of rotatable bonds is 4. The summed E-state index contributed by atoms with van der Waals surface area (Å²) in [4.78, 5) is 0. The second-order valence-corrected chi connectivity index (χ2v) is 17.2. The molecule has 0 N–H and O–H groups in total. The molecule has 0 saturated carbocycles. The first-order valence-corrected chi connectivity index (χ1v) is 15.9. The maximum Gasteiger partial charge on any atom is 0.0635 e. The van der Waals surface area contributed by atoms with Gasteiger partial charge in [-0.05, 0) is 82.0 Å². The van der Waals surface area contributed by atoms with Crippen molar-refractivity contribution in [3.05, 3.63) is 67.6 Å². The zero-order chi connectivity index (χ0) is 21.1. The molecule has 3 heteroatoms. The van der Waals surface area contributed by atoms with E-state index in [1.807, 2.05) is 0 Å². The fraction of sp³-hybridized carbons (Fsp3) is 0.538. The van der Waals surface area contributed by atoms with Crippen molar-refractivity contribution in [1.82, 2.24) is 0 Å². The first kappa shape index (κ1) is 21.8. The van der Waals surface area contributed by atoms with Crippen molar-refractivity contribution in [2.24, 2.45) is 23.7 Å². The van der Waals surface area contributed by atoms with Gasteiger partial charge in [-0.1, -0.05) is 96.9 Å². The van der Waals surface area contributed by atoms with Gasteiger partial charge in [0.2, 0.25) is 0 Å². The van der Waals surface area contributed by atoms with E-state index in [0.29, 0.717) is 11.8 Å². The summed E-state index contributed by atoms with van der Waals surface area (Å²) in [5.41, 5.74) is 7.94. The Balaban J connectivity index is 1.87. The molecular formula is C26H34Br2Si. The lowest BCUT2D eigenvalue weighted by molar-refractivity contribution is 0.359. The smallest absolute Gasteiger partial charge is 0.0635 e. The Bertz CT molecular complexity index is 841. The van der Waals surface area contributed by atoms with E-state index in [4.69, 9.17) is 0 Å². The van der Waals surface area contributed by atoms with E-state index < -0.39 is 8.07 Å². The maximum atomic E-state index is 3.88. The van der Waals surface area contributed by atoms with Gasteiger partial charge in [-0.25, -0.2) is 0 Å². The summed E-state index contributed by atoms with van der Waals surface area (Å²) in [6, 6.07) is 13.9. The van der Waals surface area contributed by atoms with Crippen LogP contribution >= 0.6 is 31.9 Å². The highest BCUT2D eigenvalue weighted by atomic mass is 79.9. The van der Waals surface area contributed by atoms with E-state index in [1.54, 1.807) is 22.3 Å². The predicted octanol–water partition coefficient (Wildman–Crippen LogP) is 8.52. The predicted molar refractivity (Wildman–Crippen MR) is 135 cm³/mol. The first-order chi connectivity index (χ1) is 13.6.